The normalized spacial score (nSPS) is 14.1. The largest absolute Gasteiger partial charge is 0.355 e. The van der Waals surface area contributed by atoms with Crippen LogP contribution in [-0.2, 0) is 4.79 Å². The van der Waals surface area contributed by atoms with Crippen molar-refractivity contribution < 1.29 is 4.79 Å². The lowest BCUT2D eigenvalue weighted by Crippen LogP contribution is -2.33. The van der Waals surface area contributed by atoms with Crippen molar-refractivity contribution in [1.29, 1.82) is 0 Å². The molecule has 3 N–H and O–H groups in total. The lowest BCUT2D eigenvalue weighted by molar-refractivity contribution is -0.124. The fourth-order valence-corrected chi connectivity index (χ4v) is 1.71. The van der Waals surface area contributed by atoms with Gasteiger partial charge in [-0.1, -0.05) is 44.2 Å². The van der Waals surface area contributed by atoms with E-state index in [0.29, 0.717) is 19.0 Å². The minimum Gasteiger partial charge on any atom is -0.355 e. The number of carbonyl (C=O) groups is 1. The molecule has 0 saturated carbocycles. The Kier molecular flexibility index (Phi) is 5.70. The van der Waals surface area contributed by atoms with E-state index < -0.39 is 0 Å². The minimum absolute atomic E-state index is 0.00275. The molecule has 0 aliphatic carbocycles. The van der Waals surface area contributed by atoms with Crippen LogP contribution in [0.2, 0.25) is 0 Å². The summed E-state index contributed by atoms with van der Waals surface area (Å²) in [7, 11) is 0. The second kappa shape index (κ2) is 7.07. The maximum absolute atomic E-state index is 11.7. The first-order valence-corrected chi connectivity index (χ1v) is 6.18. The van der Waals surface area contributed by atoms with Crippen molar-refractivity contribution in [3.8, 4) is 0 Å². The Morgan fingerprint density at radius 1 is 1.29 bits per heavy atom. The molecule has 94 valence electrons. The number of nitrogens with one attached hydrogen (secondary N) is 1. The summed E-state index contributed by atoms with van der Waals surface area (Å²) in [5.74, 6) is 0.437. The van der Waals surface area contributed by atoms with E-state index in [9.17, 15) is 4.79 Å². The highest BCUT2D eigenvalue weighted by atomic mass is 16.1. The third-order valence-corrected chi connectivity index (χ3v) is 3.00. The van der Waals surface area contributed by atoms with E-state index in [1.165, 1.54) is 5.56 Å². The fraction of sp³-hybridized carbons (Fsp3) is 0.500. The second-order valence-corrected chi connectivity index (χ2v) is 4.54. The fourth-order valence-electron chi connectivity index (χ4n) is 1.71. The van der Waals surface area contributed by atoms with Gasteiger partial charge in [0, 0.05) is 12.5 Å². The molecule has 0 radical (unpaired) electrons. The summed E-state index contributed by atoms with van der Waals surface area (Å²) in [4.78, 5) is 11.7. The van der Waals surface area contributed by atoms with Gasteiger partial charge in [-0.25, -0.2) is 0 Å². The summed E-state index contributed by atoms with van der Waals surface area (Å²) < 4.78 is 0. The molecule has 3 heteroatoms. The maximum atomic E-state index is 11.7. The van der Waals surface area contributed by atoms with Crippen molar-refractivity contribution in [2.75, 3.05) is 13.1 Å². The molecule has 0 spiro atoms. The minimum atomic E-state index is 0.00275. The van der Waals surface area contributed by atoms with E-state index in [4.69, 9.17) is 5.73 Å². The van der Waals surface area contributed by atoms with Gasteiger partial charge in [0.15, 0.2) is 0 Å². The van der Waals surface area contributed by atoms with Gasteiger partial charge in [0.25, 0.3) is 0 Å². The zero-order valence-electron chi connectivity index (χ0n) is 10.6. The van der Waals surface area contributed by atoms with Crippen LogP contribution in [0.25, 0.3) is 0 Å². The Bertz CT molecular complexity index is 337. The Morgan fingerprint density at radius 2 is 1.94 bits per heavy atom. The van der Waals surface area contributed by atoms with Crippen LogP contribution in [0.1, 0.15) is 31.7 Å². The second-order valence-electron chi connectivity index (χ2n) is 4.54. The molecule has 2 unspecified atom stereocenters. The molecule has 3 nitrogen and oxygen atoms in total. The summed E-state index contributed by atoms with van der Waals surface area (Å²) in [5.41, 5.74) is 6.68. The standard InChI is InChI=1S/C14H22N2O/c1-11(8-9-15)14(17)16-10-12(2)13-6-4-3-5-7-13/h3-7,11-12H,8-10,15H2,1-2H3,(H,16,17). The molecule has 1 aromatic rings. The average Bonchev–Trinajstić information content (AvgIpc) is 2.36. The van der Waals surface area contributed by atoms with Crippen LogP contribution in [0.4, 0.5) is 0 Å². The predicted octanol–water partition coefficient (Wildman–Crippen LogP) is 1.89. The first-order chi connectivity index (χ1) is 8.15. The van der Waals surface area contributed by atoms with Gasteiger partial charge in [-0.05, 0) is 24.4 Å². The quantitative estimate of drug-likeness (QED) is 0.789. The van der Waals surface area contributed by atoms with Crippen LogP contribution in [0.5, 0.6) is 0 Å². The highest BCUT2D eigenvalue weighted by Gasteiger charge is 2.13. The monoisotopic (exact) mass is 234 g/mol. The molecular formula is C14H22N2O. The van der Waals surface area contributed by atoms with Crippen molar-refractivity contribution in [3.05, 3.63) is 35.9 Å². The lowest BCUT2D eigenvalue weighted by atomic mass is 10.0. The smallest absolute Gasteiger partial charge is 0.222 e. The van der Waals surface area contributed by atoms with Crippen molar-refractivity contribution >= 4 is 5.91 Å². The Morgan fingerprint density at radius 3 is 2.53 bits per heavy atom. The maximum Gasteiger partial charge on any atom is 0.222 e. The highest BCUT2D eigenvalue weighted by Crippen LogP contribution is 2.13. The summed E-state index contributed by atoms with van der Waals surface area (Å²) in [6.45, 7) is 5.26. The van der Waals surface area contributed by atoms with Crippen molar-refractivity contribution in [2.24, 2.45) is 11.7 Å². The Hall–Kier alpha value is -1.35. The van der Waals surface area contributed by atoms with Gasteiger partial charge in [0.2, 0.25) is 5.91 Å². The van der Waals surface area contributed by atoms with Gasteiger partial charge in [-0.3, -0.25) is 4.79 Å². The van der Waals surface area contributed by atoms with Crippen molar-refractivity contribution in [2.45, 2.75) is 26.2 Å². The molecule has 17 heavy (non-hydrogen) atoms. The van der Waals surface area contributed by atoms with Gasteiger partial charge in [-0.15, -0.1) is 0 Å². The predicted molar refractivity (Wildman–Crippen MR) is 70.7 cm³/mol. The number of rotatable bonds is 6. The summed E-state index contributed by atoms with van der Waals surface area (Å²) in [6.07, 6.45) is 0.742. The van der Waals surface area contributed by atoms with Gasteiger partial charge in [0.05, 0.1) is 0 Å². The molecule has 0 bridgehead atoms. The summed E-state index contributed by atoms with van der Waals surface area (Å²) in [6, 6.07) is 10.2. The van der Waals surface area contributed by atoms with Gasteiger partial charge < -0.3 is 11.1 Å². The molecule has 1 amide bonds. The molecule has 0 aromatic heterocycles. The number of nitrogens with two attached hydrogens (primary N) is 1. The van der Waals surface area contributed by atoms with Crippen LogP contribution in [0.3, 0.4) is 0 Å². The van der Waals surface area contributed by atoms with E-state index >= 15 is 0 Å². The Balaban J connectivity index is 2.38. The number of benzene rings is 1. The third kappa shape index (κ3) is 4.57. The van der Waals surface area contributed by atoms with Gasteiger partial charge in [0.1, 0.15) is 0 Å². The lowest BCUT2D eigenvalue weighted by Gasteiger charge is -2.15. The SMILES string of the molecule is CC(CCN)C(=O)NCC(C)c1ccccc1. The molecule has 0 aliphatic heterocycles. The van der Waals surface area contributed by atoms with Crippen LogP contribution < -0.4 is 11.1 Å². The first-order valence-electron chi connectivity index (χ1n) is 6.18. The van der Waals surface area contributed by atoms with E-state index in [2.05, 4.69) is 24.4 Å². The summed E-state index contributed by atoms with van der Waals surface area (Å²) >= 11 is 0. The van der Waals surface area contributed by atoms with E-state index in [1.54, 1.807) is 0 Å². The molecule has 0 fully saturated rings. The van der Waals surface area contributed by atoms with Crippen LogP contribution in [0, 0.1) is 5.92 Å². The molecule has 0 saturated heterocycles. The van der Waals surface area contributed by atoms with Crippen LogP contribution >= 0.6 is 0 Å². The molecule has 1 aromatic carbocycles. The molecule has 1 rings (SSSR count). The van der Waals surface area contributed by atoms with Crippen molar-refractivity contribution in [1.82, 2.24) is 5.32 Å². The van der Waals surface area contributed by atoms with Gasteiger partial charge >= 0.3 is 0 Å². The zero-order valence-corrected chi connectivity index (χ0v) is 10.6. The van der Waals surface area contributed by atoms with E-state index in [-0.39, 0.29) is 11.8 Å². The molecular weight excluding hydrogens is 212 g/mol. The molecule has 0 heterocycles. The number of carbonyl (C=O) groups excluding carboxylic acids is 1. The molecule has 2 atom stereocenters. The average molecular weight is 234 g/mol. The topological polar surface area (TPSA) is 55.1 Å². The van der Waals surface area contributed by atoms with E-state index in [0.717, 1.165) is 6.42 Å². The highest BCUT2D eigenvalue weighted by molar-refractivity contribution is 5.78. The Labute approximate surface area is 103 Å². The van der Waals surface area contributed by atoms with Gasteiger partial charge in [-0.2, -0.15) is 0 Å². The first kappa shape index (κ1) is 13.7. The number of hydrogen-bond acceptors (Lipinski definition) is 2. The number of amides is 1. The van der Waals surface area contributed by atoms with Crippen LogP contribution in [-0.4, -0.2) is 19.0 Å². The van der Waals surface area contributed by atoms with Crippen molar-refractivity contribution in [3.63, 3.8) is 0 Å². The number of hydrogen-bond donors (Lipinski definition) is 2. The third-order valence-electron chi connectivity index (χ3n) is 3.00. The van der Waals surface area contributed by atoms with Crippen LogP contribution in [0.15, 0.2) is 30.3 Å². The molecule has 0 aliphatic rings. The summed E-state index contributed by atoms with van der Waals surface area (Å²) in [5, 5.41) is 2.97. The van der Waals surface area contributed by atoms with E-state index in [1.807, 2.05) is 25.1 Å². The zero-order chi connectivity index (χ0) is 12.7.